The maximum absolute atomic E-state index is 11.4. The number of oxazole rings is 1. The monoisotopic (exact) mass is 196 g/mol. The molecule has 1 aliphatic carbocycles. The molecular formula is C9H12N2O3. The van der Waals surface area contributed by atoms with Crippen molar-refractivity contribution in [1.29, 1.82) is 0 Å². The summed E-state index contributed by atoms with van der Waals surface area (Å²) in [5.74, 6) is 0.0286. The minimum absolute atomic E-state index is 0.0370. The van der Waals surface area contributed by atoms with E-state index in [2.05, 4.69) is 4.98 Å². The largest absolute Gasteiger partial charge is 0.460 e. The second-order valence-corrected chi connectivity index (χ2v) is 3.26. The highest BCUT2D eigenvalue weighted by molar-refractivity contribution is 5.88. The molecule has 1 aromatic rings. The average Bonchev–Trinajstić information content (AvgIpc) is 2.90. The van der Waals surface area contributed by atoms with E-state index >= 15 is 0 Å². The van der Waals surface area contributed by atoms with Gasteiger partial charge in [-0.15, -0.1) is 0 Å². The molecule has 5 heteroatoms. The Morgan fingerprint density at radius 2 is 2.43 bits per heavy atom. The van der Waals surface area contributed by atoms with E-state index < -0.39 is 5.97 Å². The smallest absolute Gasteiger partial charge is 0.376 e. The lowest BCUT2D eigenvalue weighted by atomic mass is 10.2. The van der Waals surface area contributed by atoms with Crippen LogP contribution in [0.25, 0.3) is 0 Å². The van der Waals surface area contributed by atoms with Crippen molar-refractivity contribution in [3.63, 3.8) is 0 Å². The van der Waals surface area contributed by atoms with Gasteiger partial charge in [0.1, 0.15) is 0 Å². The highest BCUT2D eigenvalue weighted by Crippen LogP contribution is 2.41. The average molecular weight is 196 g/mol. The van der Waals surface area contributed by atoms with Crippen LogP contribution < -0.4 is 5.73 Å². The molecule has 5 nitrogen and oxygen atoms in total. The van der Waals surface area contributed by atoms with Crippen LogP contribution >= 0.6 is 0 Å². The van der Waals surface area contributed by atoms with Gasteiger partial charge >= 0.3 is 5.97 Å². The van der Waals surface area contributed by atoms with Crippen molar-refractivity contribution in [3.05, 3.63) is 11.5 Å². The Morgan fingerprint density at radius 3 is 3.00 bits per heavy atom. The van der Waals surface area contributed by atoms with Crippen molar-refractivity contribution < 1.29 is 13.9 Å². The quantitative estimate of drug-likeness (QED) is 0.737. The molecular weight excluding hydrogens is 184 g/mol. The summed E-state index contributed by atoms with van der Waals surface area (Å²) in [5, 5.41) is 0. The first-order valence-corrected chi connectivity index (χ1v) is 4.65. The minimum atomic E-state index is -0.474. The number of carbonyl (C=O) groups excluding carboxylic acids is 1. The molecule has 0 saturated heterocycles. The number of nitrogens with two attached hydrogens (primary N) is 1. The summed E-state index contributed by atoms with van der Waals surface area (Å²) in [6.45, 7) is 2.07. The molecule has 1 saturated carbocycles. The third-order valence-corrected chi connectivity index (χ3v) is 2.09. The number of aromatic nitrogens is 1. The molecule has 0 radical (unpaired) electrons. The second kappa shape index (κ2) is 3.32. The Hall–Kier alpha value is -1.52. The Balaban J connectivity index is 2.26. The fourth-order valence-electron chi connectivity index (χ4n) is 1.33. The van der Waals surface area contributed by atoms with Crippen LogP contribution in [0.15, 0.2) is 4.42 Å². The van der Waals surface area contributed by atoms with Crippen molar-refractivity contribution in [2.75, 3.05) is 12.3 Å². The second-order valence-electron chi connectivity index (χ2n) is 3.26. The number of ether oxygens (including phenoxy) is 1. The molecule has 0 unspecified atom stereocenters. The molecule has 1 fully saturated rings. The summed E-state index contributed by atoms with van der Waals surface area (Å²) in [6.07, 6.45) is 2.08. The molecule has 76 valence electrons. The number of hydrogen-bond donors (Lipinski definition) is 1. The molecule has 1 aromatic heterocycles. The van der Waals surface area contributed by atoms with Gasteiger partial charge in [0.2, 0.25) is 5.76 Å². The van der Waals surface area contributed by atoms with Crippen LogP contribution in [0.5, 0.6) is 0 Å². The van der Waals surface area contributed by atoms with E-state index in [0.717, 1.165) is 12.8 Å². The van der Waals surface area contributed by atoms with E-state index in [-0.39, 0.29) is 11.8 Å². The number of anilines is 1. The highest BCUT2D eigenvalue weighted by atomic mass is 16.5. The van der Waals surface area contributed by atoms with Gasteiger partial charge in [-0.2, -0.15) is 4.98 Å². The van der Waals surface area contributed by atoms with E-state index in [1.54, 1.807) is 6.92 Å². The van der Waals surface area contributed by atoms with E-state index in [1.165, 1.54) is 0 Å². The molecule has 14 heavy (non-hydrogen) atoms. The maximum atomic E-state index is 11.4. The molecule has 0 atom stereocenters. The topological polar surface area (TPSA) is 78.3 Å². The van der Waals surface area contributed by atoms with Crippen LogP contribution in [-0.4, -0.2) is 17.6 Å². The van der Waals surface area contributed by atoms with Gasteiger partial charge in [-0.3, -0.25) is 0 Å². The van der Waals surface area contributed by atoms with E-state index in [4.69, 9.17) is 14.9 Å². The van der Waals surface area contributed by atoms with Gasteiger partial charge in [0.15, 0.2) is 0 Å². The molecule has 0 bridgehead atoms. The van der Waals surface area contributed by atoms with E-state index in [9.17, 15) is 4.79 Å². The highest BCUT2D eigenvalue weighted by Gasteiger charge is 2.33. The predicted molar refractivity (Wildman–Crippen MR) is 48.8 cm³/mol. The predicted octanol–water partition coefficient (Wildman–Crippen LogP) is 1.31. The summed E-state index contributed by atoms with van der Waals surface area (Å²) < 4.78 is 9.85. The van der Waals surface area contributed by atoms with Crippen molar-refractivity contribution in [2.45, 2.75) is 25.7 Å². The zero-order chi connectivity index (χ0) is 10.1. The Bertz CT molecular complexity index is 355. The van der Waals surface area contributed by atoms with Crippen molar-refractivity contribution in [3.8, 4) is 0 Å². The van der Waals surface area contributed by atoms with Gasteiger partial charge in [-0.1, -0.05) is 0 Å². The summed E-state index contributed by atoms with van der Waals surface area (Å²) in [7, 11) is 0. The van der Waals surface area contributed by atoms with Crippen LogP contribution in [0.3, 0.4) is 0 Å². The molecule has 0 spiro atoms. The summed E-state index contributed by atoms with van der Waals surface area (Å²) in [5.41, 5.74) is 6.05. The van der Waals surface area contributed by atoms with Crippen LogP contribution in [0.4, 0.5) is 6.01 Å². The fraction of sp³-hybridized carbons (Fsp3) is 0.556. The zero-order valence-electron chi connectivity index (χ0n) is 7.95. The van der Waals surface area contributed by atoms with Gasteiger partial charge in [-0.25, -0.2) is 4.79 Å². The first-order chi connectivity index (χ1) is 6.72. The number of rotatable bonds is 3. The third-order valence-electron chi connectivity index (χ3n) is 2.09. The minimum Gasteiger partial charge on any atom is -0.460 e. The van der Waals surface area contributed by atoms with Gasteiger partial charge in [-0.05, 0) is 19.8 Å². The normalized spacial score (nSPS) is 15.5. The van der Waals surface area contributed by atoms with Gasteiger partial charge < -0.3 is 14.9 Å². The maximum Gasteiger partial charge on any atom is 0.376 e. The summed E-state index contributed by atoms with van der Waals surface area (Å²) >= 11 is 0. The van der Waals surface area contributed by atoms with Crippen molar-refractivity contribution >= 4 is 12.0 Å². The number of esters is 1. The SMILES string of the molecule is CCOC(=O)c1oc(N)nc1C1CC1. The Morgan fingerprint density at radius 1 is 1.71 bits per heavy atom. The molecule has 0 aromatic carbocycles. The van der Waals surface area contributed by atoms with Crippen LogP contribution in [-0.2, 0) is 4.74 Å². The third kappa shape index (κ3) is 1.57. The number of carbonyl (C=O) groups is 1. The number of hydrogen-bond acceptors (Lipinski definition) is 5. The van der Waals surface area contributed by atoms with Gasteiger partial charge in [0, 0.05) is 5.92 Å². The van der Waals surface area contributed by atoms with Crippen molar-refractivity contribution in [1.82, 2.24) is 4.98 Å². The van der Waals surface area contributed by atoms with Gasteiger partial charge in [0.05, 0.1) is 12.3 Å². The molecule has 0 amide bonds. The molecule has 1 heterocycles. The summed E-state index contributed by atoms with van der Waals surface area (Å²) in [4.78, 5) is 15.4. The lowest BCUT2D eigenvalue weighted by molar-refractivity contribution is 0.0489. The lowest BCUT2D eigenvalue weighted by Gasteiger charge is -1.98. The van der Waals surface area contributed by atoms with Crippen molar-refractivity contribution in [2.24, 2.45) is 0 Å². The van der Waals surface area contributed by atoms with Crippen LogP contribution in [0.2, 0.25) is 0 Å². The summed E-state index contributed by atoms with van der Waals surface area (Å²) in [6, 6.07) is 0.0370. The van der Waals surface area contributed by atoms with E-state index in [0.29, 0.717) is 18.2 Å². The standard InChI is InChI=1S/C9H12N2O3/c1-2-13-8(12)7-6(5-3-4-5)11-9(10)14-7/h5H,2-4H2,1H3,(H2,10,11). The van der Waals surface area contributed by atoms with E-state index in [1.807, 2.05) is 0 Å². The first kappa shape index (κ1) is 9.05. The van der Waals surface area contributed by atoms with Gasteiger partial charge in [0.25, 0.3) is 6.01 Å². The molecule has 1 aliphatic rings. The van der Waals surface area contributed by atoms with Crippen LogP contribution in [0.1, 0.15) is 41.9 Å². The van der Waals surface area contributed by atoms with Crippen LogP contribution in [0, 0.1) is 0 Å². The molecule has 2 N–H and O–H groups in total. The zero-order valence-corrected chi connectivity index (χ0v) is 7.95. The first-order valence-electron chi connectivity index (χ1n) is 4.65. The molecule has 0 aliphatic heterocycles. The Labute approximate surface area is 81.2 Å². The lowest BCUT2D eigenvalue weighted by Crippen LogP contribution is -2.05. The number of nitrogen functional groups attached to an aromatic ring is 1. The number of nitrogens with zero attached hydrogens (tertiary/aromatic N) is 1. The Kier molecular flexibility index (Phi) is 2.15. The fourth-order valence-corrected chi connectivity index (χ4v) is 1.33. The molecule has 2 rings (SSSR count).